The number of hydrogen-bond donors (Lipinski definition) is 0. The minimum atomic E-state index is -0.0240. The molecule has 0 saturated heterocycles. The van der Waals surface area contributed by atoms with Crippen molar-refractivity contribution in [3.05, 3.63) is 58.4 Å². The van der Waals surface area contributed by atoms with Gasteiger partial charge in [-0.15, -0.1) is 0 Å². The monoisotopic (exact) mass is 364 g/mol. The molecule has 3 aromatic rings. The maximum Gasteiger partial charge on any atom is 0.258 e. The SMILES string of the molecule is Cc1cc(C(=O)N(C)C[C@@H]2Cc3ccccc3CN2C)c2c(C)noc2n1. The summed E-state index contributed by atoms with van der Waals surface area (Å²) in [5, 5.41) is 4.68. The lowest BCUT2D eigenvalue weighted by molar-refractivity contribution is 0.0735. The first-order valence-corrected chi connectivity index (χ1v) is 9.20. The summed E-state index contributed by atoms with van der Waals surface area (Å²) in [4.78, 5) is 21.7. The second-order valence-electron chi connectivity index (χ2n) is 7.49. The van der Waals surface area contributed by atoms with E-state index in [1.54, 1.807) is 4.90 Å². The molecule has 0 radical (unpaired) electrons. The van der Waals surface area contributed by atoms with E-state index in [0.29, 0.717) is 28.9 Å². The van der Waals surface area contributed by atoms with Gasteiger partial charge in [0.1, 0.15) is 0 Å². The molecule has 0 spiro atoms. The van der Waals surface area contributed by atoms with Crippen LogP contribution in [-0.2, 0) is 13.0 Å². The molecule has 1 atom stereocenters. The van der Waals surface area contributed by atoms with Crippen LogP contribution < -0.4 is 0 Å². The normalized spacial score (nSPS) is 17.1. The molecule has 0 fully saturated rings. The summed E-state index contributed by atoms with van der Waals surface area (Å²) in [6.07, 6.45) is 0.946. The van der Waals surface area contributed by atoms with Crippen molar-refractivity contribution in [3.63, 3.8) is 0 Å². The van der Waals surface area contributed by atoms with E-state index in [2.05, 4.69) is 46.4 Å². The van der Waals surface area contributed by atoms with Crippen molar-refractivity contribution in [2.75, 3.05) is 20.6 Å². The van der Waals surface area contributed by atoms with Crippen molar-refractivity contribution in [1.29, 1.82) is 0 Å². The Morgan fingerprint density at radius 2 is 2.04 bits per heavy atom. The van der Waals surface area contributed by atoms with Crippen molar-refractivity contribution in [2.45, 2.75) is 32.9 Å². The van der Waals surface area contributed by atoms with Gasteiger partial charge >= 0.3 is 0 Å². The number of rotatable bonds is 3. The van der Waals surface area contributed by atoms with Gasteiger partial charge in [-0.25, -0.2) is 4.98 Å². The number of nitrogens with zero attached hydrogens (tertiary/aromatic N) is 4. The van der Waals surface area contributed by atoms with Gasteiger partial charge in [0.2, 0.25) is 0 Å². The zero-order valence-electron chi connectivity index (χ0n) is 16.2. The number of hydrogen-bond acceptors (Lipinski definition) is 5. The molecule has 0 aliphatic carbocycles. The van der Waals surface area contributed by atoms with Crippen LogP contribution in [0.4, 0.5) is 0 Å². The molecule has 27 heavy (non-hydrogen) atoms. The Kier molecular flexibility index (Phi) is 4.44. The highest BCUT2D eigenvalue weighted by atomic mass is 16.5. The van der Waals surface area contributed by atoms with Gasteiger partial charge in [-0.3, -0.25) is 9.69 Å². The second-order valence-corrected chi connectivity index (χ2v) is 7.49. The Morgan fingerprint density at radius 1 is 1.30 bits per heavy atom. The lowest BCUT2D eigenvalue weighted by Crippen LogP contribution is -2.46. The maximum atomic E-state index is 13.2. The number of carbonyl (C=O) groups is 1. The predicted molar refractivity (Wildman–Crippen MR) is 104 cm³/mol. The Bertz CT molecular complexity index is 1010. The average molecular weight is 364 g/mol. The first-order chi connectivity index (χ1) is 12.9. The number of carbonyl (C=O) groups excluding carboxylic acids is 1. The molecule has 6 heteroatoms. The summed E-state index contributed by atoms with van der Waals surface area (Å²) >= 11 is 0. The third-order valence-corrected chi connectivity index (χ3v) is 5.42. The van der Waals surface area contributed by atoms with Gasteiger partial charge in [-0.2, -0.15) is 0 Å². The van der Waals surface area contributed by atoms with Gasteiger partial charge in [-0.05, 0) is 44.5 Å². The van der Waals surface area contributed by atoms with Gasteiger partial charge in [0.25, 0.3) is 11.6 Å². The highest BCUT2D eigenvalue weighted by Crippen LogP contribution is 2.25. The van der Waals surface area contributed by atoms with Crippen LogP contribution in [0, 0.1) is 13.8 Å². The van der Waals surface area contributed by atoms with Crippen LogP contribution in [0.2, 0.25) is 0 Å². The highest BCUT2D eigenvalue weighted by molar-refractivity contribution is 6.05. The number of pyridine rings is 1. The van der Waals surface area contributed by atoms with Crippen molar-refractivity contribution >= 4 is 17.0 Å². The molecule has 0 unspecified atom stereocenters. The van der Waals surface area contributed by atoms with Crippen molar-refractivity contribution in [3.8, 4) is 0 Å². The van der Waals surface area contributed by atoms with Crippen LogP contribution in [0.3, 0.4) is 0 Å². The minimum Gasteiger partial charge on any atom is -0.340 e. The smallest absolute Gasteiger partial charge is 0.258 e. The molecular weight excluding hydrogens is 340 g/mol. The summed E-state index contributed by atoms with van der Waals surface area (Å²) in [6, 6.07) is 10.7. The summed E-state index contributed by atoms with van der Waals surface area (Å²) in [5.74, 6) is -0.0240. The fourth-order valence-corrected chi connectivity index (χ4v) is 3.91. The molecule has 4 rings (SSSR count). The quantitative estimate of drug-likeness (QED) is 0.715. The van der Waals surface area contributed by atoms with Gasteiger partial charge in [0.15, 0.2) is 0 Å². The van der Waals surface area contributed by atoms with Crippen LogP contribution in [0.15, 0.2) is 34.9 Å². The van der Waals surface area contributed by atoms with Crippen molar-refractivity contribution in [2.24, 2.45) is 0 Å². The number of amides is 1. The molecule has 0 bridgehead atoms. The maximum absolute atomic E-state index is 13.2. The Labute approximate surface area is 158 Å². The van der Waals surface area contributed by atoms with Crippen LogP contribution in [0.5, 0.6) is 0 Å². The van der Waals surface area contributed by atoms with E-state index in [0.717, 1.165) is 18.7 Å². The van der Waals surface area contributed by atoms with E-state index >= 15 is 0 Å². The molecule has 0 saturated carbocycles. The van der Waals surface area contributed by atoms with Crippen LogP contribution in [-0.4, -0.2) is 52.5 Å². The molecule has 1 amide bonds. The predicted octanol–water partition coefficient (Wildman–Crippen LogP) is 2.97. The molecule has 1 aliphatic rings. The summed E-state index contributed by atoms with van der Waals surface area (Å²) in [7, 11) is 3.99. The van der Waals surface area contributed by atoms with Gasteiger partial charge in [-0.1, -0.05) is 29.4 Å². The van der Waals surface area contributed by atoms with E-state index in [9.17, 15) is 4.79 Å². The van der Waals surface area contributed by atoms with Crippen molar-refractivity contribution < 1.29 is 9.32 Å². The zero-order chi connectivity index (χ0) is 19.1. The van der Waals surface area contributed by atoms with E-state index in [-0.39, 0.29) is 11.9 Å². The summed E-state index contributed by atoms with van der Waals surface area (Å²) in [5.41, 5.74) is 5.22. The molecular formula is C21H24N4O2. The lowest BCUT2D eigenvalue weighted by atomic mass is 9.94. The summed E-state index contributed by atoms with van der Waals surface area (Å²) < 4.78 is 5.27. The molecule has 140 valence electrons. The molecule has 3 heterocycles. The first kappa shape index (κ1) is 17.7. The number of aromatic nitrogens is 2. The Balaban J connectivity index is 1.58. The lowest BCUT2D eigenvalue weighted by Gasteiger charge is -2.36. The van der Waals surface area contributed by atoms with Crippen LogP contribution in [0.1, 0.15) is 32.9 Å². The molecule has 6 nitrogen and oxygen atoms in total. The van der Waals surface area contributed by atoms with Crippen molar-refractivity contribution in [1.82, 2.24) is 19.9 Å². The topological polar surface area (TPSA) is 62.5 Å². The average Bonchev–Trinajstić information content (AvgIpc) is 3.01. The second kappa shape index (κ2) is 6.78. The Hall–Kier alpha value is -2.73. The van der Waals surface area contributed by atoms with Gasteiger partial charge in [0, 0.05) is 31.9 Å². The van der Waals surface area contributed by atoms with E-state index in [4.69, 9.17) is 4.52 Å². The largest absolute Gasteiger partial charge is 0.340 e. The number of fused-ring (bicyclic) bond motifs is 2. The molecule has 0 N–H and O–H groups in total. The number of aryl methyl sites for hydroxylation is 2. The number of likely N-dealkylation sites (N-methyl/N-ethyl adjacent to an activating group) is 2. The van der Waals surface area contributed by atoms with Gasteiger partial charge < -0.3 is 9.42 Å². The van der Waals surface area contributed by atoms with E-state index in [1.165, 1.54) is 11.1 Å². The van der Waals surface area contributed by atoms with Gasteiger partial charge in [0.05, 0.1) is 16.6 Å². The standard InChI is InChI=1S/C21H24N4O2/c1-13-9-18(19-14(2)23-27-20(19)22-13)21(26)25(4)12-17-10-15-7-5-6-8-16(15)11-24(17)3/h5-9,17H,10-12H2,1-4H3/t17-/m0/s1. The fraction of sp³-hybridized carbons (Fsp3) is 0.381. The van der Waals surface area contributed by atoms with E-state index < -0.39 is 0 Å². The number of benzene rings is 1. The highest BCUT2D eigenvalue weighted by Gasteiger charge is 2.27. The minimum absolute atomic E-state index is 0.0240. The third kappa shape index (κ3) is 3.21. The van der Waals surface area contributed by atoms with Crippen LogP contribution in [0.25, 0.3) is 11.1 Å². The molecule has 1 aliphatic heterocycles. The Morgan fingerprint density at radius 3 is 2.81 bits per heavy atom. The first-order valence-electron chi connectivity index (χ1n) is 9.20. The summed E-state index contributed by atoms with van der Waals surface area (Å²) in [6.45, 7) is 5.27. The zero-order valence-corrected chi connectivity index (χ0v) is 16.2. The molecule has 2 aromatic heterocycles. The van der Waals surface area contributed by atoms with Crippen LogP contribution >= 0.6 is 0 Å². The molecule has 1 aromatic carbocycles. The van der Waals surface area contributed by atoms with E-state index in [1.807, 2.05) is 27.0 Å². The third-order valence-electron chi connectivity index (χ3n) is 5.42. The fourth-order valence-electron chi connectivity index (χ4n) is 3.91.